The Labute approximate surface area is 106 Å². The molecule has 0 unspecified atom stereocenters. The minimum absolute atomic E-state index is 0.122. The van der Waals surface area contributed by atoms with Gasteiger partial charge in [-0.3, -0.25) is 0 Å². The Kier molecular flexibility index (Phi) is 5.37. The van der Waals surface area contributed by atoms with Crippen LogP contribution >= 0.6 is 11.6 Å². The molecule has 6 nitrogen and oxygen atoms in total. The molecule has 1 rings (SSSR count). The van der Waals surface area contributed by atoms with Gasteiger partial charge >= 0.3 is 6.01 Å². The topological polar surface area (TPSA) is 63.2 Å². The molecule has 0 bridgehead atoms. The van der Waals surface area contributed by atoms with Crippen LogP contribution in [0.4, 0.5) is 5.95 Å². The second-order valence-electron chi connectivity index (χ2n) is 3.92. The lowest BCUT2D eigenvalue weighted by atomic mass is 10.3. The number of aromatic nitrogens is 3. The zero-order valence-electron chi connectivity index (χ0n) is 10.6. The molecule has 1 aromatic heterocycles. The van der Waals surface area contributed by atoms with Crippen molar-refractivity contribution in [1.29, 1.82) is 0 Å². The largest absolute Gasteiger partial charge is 0.467 e. The molecule has 0 aliphatic carbocycles. The van der Waals surface area contributed by atoms with Crippen LogP contribution in [-0.2, 0) is 0 Å². The third kappa shape index (κ3) is 4.70. The minimum atomic E-state index is 0.122. The summed E-state index contributed by atoms with van der Waals surface area (Å²) in [6.07, 6.45) is 0. The Morgan fingerprint density at radius 2 is 2.06 bits per heavy atom. The van der Waals surface area contributed by atoms with Crippen LogP contribution in [0.25, 0.3) is 0 Å². The van der Waals surface area contributed by atoms with E-state index in [1.165, 1.54) is 7.11 Å². The van der Waals surface area contributed by atoms with Crippen LogP contribution in [-0.4, -0.2) is 53.1 Å². The van der Waals surface area contributed by atoms with Crippen molar-refractivity contribution in [2.24, 2.45) is 0 Å². The number of nitrogens with one attached hydrogen (secondary N) is 1. The van der Waals surface area contributed by atoms with E-state index in [0.717, 1.165) is 13.1 Å². The molecule has 0 aromatic carbocycles. The normalized spacial score (nSPS) is 11.0. The third-order valence-electron chi connectivity index (χ3n) is 2.40. The van der Waals surface area contributed by atoms with Crippen LogP contribution in [0, 0.1) is 0 Å². The number of methoxy groups -OCH3 is 1. The SMILES string of the molecule is COc1nc(Cl)nc(NCCN(C)C(C)C)n1. The molecule has 0 amide bonds. The number of ether oxygens (including phenoxy) is 1. The average Bonchev–Trinajstić information content (AvgIpc) is 2.27. The van der Waals surface area contributed by atoms with Crippen molar-refractivity contribution in [3.63, 3.8) is 0 Å². The number of hydrogen-bond acceptors (Lipinski definition) is 6. The van der Waals surface area contributed by atoms with E-state index in [9.17, 15) is 0 Å². The summed E-state index contributed by atoms with van der Waals surface area (Å²) in [5.41, 5.74) is 0. The summed E-state index contributed by atoms with van der Waals surface area (Å²) in [5, 5.41) is 3.20. The van der Waals surface area contributed by atoms with Crippen molar-refractivity contribution >= 4 is 17.5 Å². The predicted molar refractivity (Wildman–Crippen MR) is 67.6 cm³/mol. The molecule has 1 aromatic rings. The summed E-state index contributed by atoms with van der Waals surface area (Å²) >= 11 is 5.73. The second kappa shape index (κ2) is 6.56. The summed E-state index contributed by atoms with van der Waals surface area (Å²) in [6, 6.07) is 0.720. The number of likely N-dealkylation sites (N-methyl/N-ethyl adjacent to an activating group) is 1. The third-order valence-corrected chi connectivity index (χ3v) is 2.57. The number of hydrogen-bond donors (Lipinski definition) is 1. The standard InChI is InChI=1S/C10H18ClN5O/c1-7(2)16(3)6-5-12-9-13-8(11)14-10(15-9)17-4/h7H,5-6H2,1-4H3,(H,12,13,14,15). The first-order valence-corrected chi connectivity index (χ1v) is 5.80. The van der Waals surface area contributed by atoms with Gasteiger partial charge in [-0.1, -0.05) is 0 Å². The monoisotopic (exact) mass is 259 g/mol. The number of nitrogens with zero attached hydrogens (tertiary/aromatic N) is 4. The molecular formula is C10H18ClN5O. The molecule has 7 heteroatoms. The molecule has 0 saturated carbocycles. The Hall–Kier alpha value is -1.14. The minimum Gasteiger partial charge on any atom is -0.467 e. The van der Waals surface area contributed by atoms with Crippen molar-refractivity contribution in [2.45, 2.75) is 19.9 Å². The van der Waals surface area contributed by atoms with Crippen LogP contribution in [0.3, 0.4) is 0 Å². The number of anilines is 1. The Morgan fingerprint density at radius 3 is 2.65 bits per heavy atom. The van der Waals surface area contributed by atoms with Crippen molar-refractivity contribution in [1.82, 2.24) is 19.9 Å². The Morgan fingerprint density at radius 1 is 1.35 bits per heavy atom. The van der Waals surface area contributed by atoms with Crippen LogP contribution in [0.15, 0.2) is 0 Å². The van der Waals surface area contributed by atoms with Crippen LogP contribution in [0.2, 0.25) is 5.28 Å². The molecule has 1 N–H and O–H groups in total. The fourth-order valence-electron chi connectivity index (χ4n) is 1.10. The van der Waals surface area contributed by atoms with Crippen molar-refractivity contribution in [3.05, 3.63) is 5.28 Å². The summed E-state index contributed by atoms with van der Waals surface area (Å²) < 4.78 is 4.90. The van der Waals surface area contributed by atoms with E-state index < -0.39 is 0 Å². The van der Waals surface area contributed by atoms with Gasteiger partial charge < -0.3 is 15.0 Å². The molecule has 0 spiro atoms. The molecule has 0 atom stereocenters. The van der Waals surface area contributed by atoms with E-state index in [2.05, 4.69) is 46.1 Å². The van der Waals surface area contributed by atoms with Gasteiger partial charge in [-0.25, -0.2) is 0 Å². The van der Waals surface area contributed by atoms with Gasteiger partial charge in [0.15, 0.2) is 0 Å². The maximum Gasteiger partial charge on any atom is 0.322 e. The van der Waals surface area contributed by atoms with Crippen LogP contribution in [0.1, 0.15) is 13.8 Å². The first kappa shape index (κ1) is 13.9. The van der Waals surface area contributed by atoms with E-state index in [-0.39, 0.29) is 11.3 Å². The van der Waals surface area contributed by atoms with Crippen molar-refractivity contribution in [2.75, 3.05) is 32.6 Å². The van der Waals surface area contributed by atoms with E-state index >= 15 is 0 Å². The highest BCUT2D eigenvalue weighted by atomic mass is 35.5. The summed E-state index contributed by atoms with van der Waals surface area (Å²) in [6.45, 7) is 5.91. The average molecular weight is 260 g/mol. The number of rotatable bonds is 6. The Balaban J connectivity index is 2.49. The van der Waals surface area contributed by atoms with Crippen LogP contribution < -0.4 is 10.1 Å². The summed E-state index contributed by atoms with van der Waals surface area (Å²) in [5.74, 6) is 0.430. The molecule has 0 fully saturated rings. The molecule has 0 aliphatic heterocycles. The van der Waals surface area contributed by atoms with Gasteiger partial charge in [-0.15, -0.1) is 0 Å². The van der Waals surface area contributed by atoms with Gasteiger partial charge in [0.05, 0.1) is 7.11 Å². The zero-order chi connectivity index (χ0) is 12.8. The van der Waals surface area contributed by atoms with E-state index in [0.29, 0.717) is 12.0 Å². The smallest absolute Gasteiger partial charge is 0.322 e. The van der Waals surface area contributed by atoms with Gasteiger partial charge in [-0.2, -0.15) is 15.0 Å². The molecule has 1 heterocycles. The lowest BCUT2D eigenvalue weighted by Gasteiger charge is -2.20. The lowest BCUT2D eigenvalue weighted by molar-refractivity contribution is 0.284. The Bertz CT molecular complexity index is 361. The molecule has 0 radical (unpaired) electrons. The first-order chi connectivity index (χ1) is 8.02. The maximum absolute atomic E-state index is 5.73. The highest BCUT2D eigenvalue weighted by molar-refractivity contribution is 6.28. The molecule has 96 valence electrons. The molecule has 17 heavy (non-hydrogen) atoms. The fourth-order valence-corrected chi connectivity index (χ4v) is 1.26. The maximum atomic E-state index is 5.73. The van der Waals surface area contributed by atoms with Gasteiger partial charge in [0.25, 0.3) is 0 Å². The van der Waals surface area contributed by atoms with E-state index in [1.807, 2.05) is 0 Å². The predicted octanol–water partition coefficient (Wildman–Crippen LogP) is 1.29. The molecule has 0 aliphatic rings. The fraction of sp³-hybridized carbons (Fsp3) is 0.700. The summed E-state index contributed by atoms with van der Waals surface area (Å²) in [4.78, 5) is 14.0. The van der Waals surface area contributed by atoms with Gasteiger partial charge in [0, 0.05) is 19.1 Å². The van der Waals surface area contributed by atoms with Crippen molar-refractivity contribution < 1.29 is 4.74 Å². The molecular weight excluding hydrogens is 242 g/mol. The van der Waals surface area contributed by atoms with Gasteiger partial charge in [0.2, 0.25) is 11.2 Å². The van der Waals surface area contributed by atoms with Crippen LogP contribution in [0.5, 0.6) is 6.01 Å². The summed E-state index contributed by atoms with van der Waals surface area (Å²) in [7, 11) is 3.55. The van der Waals surface area contributed by atoms with E-state index in [4.69, 9.17) is 16.3 Å². The van der Waals surface area contributed by atoms with Crippen molar-refractivity contribution in [3.8, 4) is 6.01 Å². The highest BCUT2D eigenvalue weighted by Crippen LogP contribution is 2.10. The highest BCUT2D eigenvalue weighted by Gasteiger charge is 2.06. The lowest BCUT2D eigenvalue weighted by Crippen LogP contribution is -2.31. The van der Waals surface area contributed by atoms with Gasteiger partial charge in [-0.05, 0) is 32.5 Å². The van der Waals surface area contributed by atoms with Gasteiger partial charge in [0.1, 0.15) is 0 Å². The number of halogens is 1. The molecule has 0 saturated heterocycles. The zero-order valence-corrected chi connectivity index (χ0v) is 11.3. The quantitative estimate of drug-likeness (QED) is 0.831. The van der Waals surface area contributed by atoms with E-state index in [1.54, 1.807) is 0 Å². The second-order valence-corrected chi connectivity index (χ2v) is 4.25. The first-order valence-electron chi connectivity index (χ1n) is 5.42.